The number of allylic oxidation sites excluding steroid dienone is 2. The Balaban J connectivity index is 0.000000201. The maximum atomic E-state index is 11.5. The summed E-state index contributed by atoms with van der Waals surface area (Å²) in [6.45, 7) is 4.22. The summed E-state index contributed by atoms with van der Waals surface area (Å²) in [5.74, 6) is 1.94. The van der Waals surface area contributed by atoms with Crippen LogP contribution in [0.2, 0.25) is 10.3 Å². The topological polar surface area (TPSA) is 175 Å². The molecule has 0 spiro atoms. The van der Waals surface area contributed by atoms with E-state index in [9.17, 15) is 25.3 Å². The van der Waals surface area contributed by atoms with Crippen molar-refractivity contribution < 1.29 is 24.8 Å². The van der Waals surface area contributed by atoms with Crippen LogP contribution >= 0.6 is 46.4 Å². The van der Waals surface area contributed by atoms with Crippen LogP contribution in [0.4, 0.5) is 0 Å². The van der Waals surface area contributed by atoms with Gasteiger partial charge in [-0.25, -0.2) is 9.97 Å². The minimum absolute atomic E-state index is 0.0849. The first-order chi connectivity index (χ1) is 23.6. The maximum absolute atomic E-state index is 11.5. The molecule has 2 fully saturated rings. The molecule has 2 aromatic heterocycles. The Morgan fingerprint density at radius 3 is 1.73 bits per heavy atom. The number of nitro groups is 2. The Hall–Kier alpha value is -3.18. The fraction of sp³-hybridized carbons (Fsp3) is 0.533. The van der Waals surface area contributed by atoms with Crippen molar-refractivity contribution in [2.45, 2.75) is 51.2 Å². The molecule has 2 N–H and O–H groups in total. The average Bonchev–Trinajstić information content (AvgIpc) is 3.71. The SMILES string of the molecule is O=[N+]([O-])C1=C2N(Cc3ccc(Cl)nc3)CCN2C(O)CC1.O=[N+]([O-])C1=C2N(Cc3ccc(Cl)nc3)CCN2C(OCCCl)CC1.OCCCl. The van der Waals surface area contributed by atoms with Crippen LogP contribution in [0.3, 0.4) is 0 Å². The zero-order valence-corrected chi connectivity index (χ0v) is 29.6. The molecule has 0 aliphatic carbocycles. The zero-order chi connectivity index (χ0) is 35.5. The van der Waals surface area contributed by atoms with Crippen LogP contribution in [-0.2, 0) is 17.8 Å². The monoisotopic (exact) mass is 762 g/mol. The molecule has 0 radical (unpaired) electrons. The molecular weight excluding hydrogens is 726 g/mol. The van der Waals surface area contributed by atoms with E-state index in [1.54, 1.807) is 29.4 Å². The molecule has 6 heterocycles. The number of alkyl halides is 2. The van der Waals surface area contributed by atoms with Gasteiger partial charge in [-0.3, -0.25) is 20.2 Å². The standard InChI is InChI=1S/C15H18Cl2N4O3.C13H15ClN4O3.C2H5ClO/c16-5-8-24-14-4-2-12(21(22)23)15-19(6-7-20(14)15)10-11-1-3-13(17)18-9-11;14-11-3-1-9(7-15-11)8-16-5-6-17-12(19)4-2-10(13(16)17)18(20)21;3-1-2-4/h1,3,9,14H,2,4-8,10H2;1,3,7,12,19H,2,4-6,8H2;4H,1-2H2. The smallest absolute Gasteiger partial charge is 0.286 e. The number of ether oxygens (including phenoxy) is 1. The van der Waals surface area contributed by atoms with Crippen molar-refractivity contribution in [1.29, 1.82) is 0 Å². The first-order valence-electron chi connectivity index (χ1n) is 15.6. The number of aliphatic hydroxyl groups excluding tert-OH is 2. The van der Waals surface area contributed by atoms with Crippen molar-refractivity contribution in [3.05, 3.63) is 101 Å². The third kappa shape index (κ3) is 10.2. The van der Waals surface area contributed by atoms with Crippen molar-refractivity contribution >= 4 is 46.4 Å². The summed E-state index contributed by atoms with van der Waals surface area (Å²) < 4.78 is 5.77. The molecule has 2 atom stereocenters. The minimum Gasteiger partial charge on any atom is -0.395 e. The van der Waals surface area contributed by atoms with E-state index in [4.69, 9.17) is 56.2 Å². The van der Waals surface area contributed by atoms with Crippen LogP contribution in [0.15, 0.2) is 59.7 Å². The third-order valence-corrected chi connectivity index (χ3v) is 8.86. The molecule has 2 aromatic rings. The van der Waals surface area contributed by atoms with Gasteiger partial charge in [0, 0.05) is 89.1 Å². The summed E-state index contributed by atoms with van der Waals surface area (Å²) in [4.78, 5) is 37.8. The zero-order valence-electron chi connectivity index (χ0n) is 26.5. The molecule has 19 heteroatoms. The van der Waals surface area contributed by atoms with Crippen LogP contribution in [0, 0.1) is 20.2 Å². The molecule has 0 amide bonds. The van der Waals surface area contributed by atoms with E-state index < -0.39 is 6.23 Å². The second kappa shape index (κ2) is 18.7. The predicted molar refractivity (Wildman–Crippen MR) is 184 cm³/mol. The summed E-state index contributed by atoms with van der Waals surface area (Å²) in [7, 11) is 0. The van der Waals surface area contributed by atoms with Gasteiger partial charge in [-0.05, 0) is 23.3 Å². The molecule has 4 aliphatic rings. The lowest BCUT2D eigenvalue weighted by Gasteiger charge is -2.34. The highest BCUT2D eigenvalue weighted by Crippen LogP contribution is 2.35. The number of pyridine rings is 2. The lowest BCUT2D eigenvalue weighted by atomic mass is 10.1. The molecule has 0 aromatic carbocycles. The second-order valence-corrected chi connectivity index (χ2v) is 12.8. The van der Waals surface area contributed by atoms with Gasteiger partial charge in [-0.15, -0.1) is 23.2 Å². The quantitative estimate of drug-likeness (QED) is 0.152. The van der Waals surface area contributed by atoms with Gasteiger partial charge < -0.3 is 34.5 Å². The Bertz CT molecular complexity index is 1480. The van der Waals surface area contributed by atoms with Crippen LogP contribution in [-0.4, -0.2) is 113 Å². The van der Waals surface area contributed by atoms with Crippen LogP contribution in [0.5, 0.6) is 0 Å². The van der Waals surface area contributed by atoms with Crippen LogP contribution in [0.25, 0.3) is 0 Å². The molecular formula is C30H38Cl4N8O7. The van der Waals surface area contributed by atoms with Gasteiger partial charge in [0.1, 0.15) is 22.8 Å². The molecule has 268 valence electrons. The van der Waals surface area contributed by atoms with Gasteiger partial charge in [-0.1, -0.05) is 35.3 Å². The van der Waals surface area contributed by atoms with E-state index in [-0.39, 0.29) is 40.5 Å². The van der Waals surface area contributed by atoms with Gasteiger partial charge in [0.15, 0.2) is 11.6 Å². The minimum atomic E-state index is -0.642. The number of nitrogens with zero attached hydrogens (tertiary/aromatic N) is 8. The third-order valence-electron chi connectivity index (χ3n) is 8.09. The van der Waals surface area contributed by atoms with Gasteiger partial charge >= 0.3 is 0 Å². The number of rotatable bonds is 10. The normalized spacial score (nSPS) is 20.0. The molecule has 2 saturated heterocycles. The van der Waals surface area contributed by atoms with Crippen molar-refractivity contribution in [3.8, 4) is 0 Å². The van der Waals surface area contributed by atoms with Gasteiger partial charge in [0.2, 0.25) is 0 Å². The van der Waals surface area contributed by atoms with Gasteiger partial charge in [-0.2, -0.15) is 0 Å². The number of hydrogen-bond acceptors (Lipinski definition) is 13. The first kappa shape index (κ1) is 38.6. The summed E-state index contributed by atoms with van der Waals surface area (Å²) in [6.07, 6.45) is 4.24. The molecule has 15 nitrogen and oxygen atoms in total. The molecule has 0 saturated carbocycles. The van der Waals surface area contributed by atoms with Gasteiger partial charge in [0.05, 0.1) is 23.1 Å². The van der Waals surface area contributed by atoms with E-state index in [0.29, 0.717) is 98.8 Å². The van der Waals surface area contributed by atoms with E-state index in [2.05, 4.69) is 9.97 Å². The van der Waals surface area contributed by atoms with E-state index in [0.717, 1.165) is 11.1 Å². The molecule has 4 aliphatic heterocycles. The Labute approximate surface area is 303 Å². The highest BCUT2D eigenvalue weighted by molar-refractivity contribution is 6.29. The second-order valence-electron chi connectivity index (χ2n) is 11.2. The lowest BCUT2D eigenvalue weighted by Crippen LogP contribution is -2.40. The number of halogens is 4. The first-order valence-corrected chi connectivity index (χ1v) is 17.4. The highest BCUT2D eigenvalue weighted by atomic mass is 35.5. The number of hydrogen-bond donors (Lipinski definition) is 2. The van der Waals surface area contributed by atoms with Crippen molar-refractivity contribution in [2.75, 3.05) is 51.2 Å². The van der Waals surface area contributed by atoms with Crippen LogP contribution < -0.4 is 0 Å². The molecule has 2 unspecified atom stereocenters. The molecule has 6 rings (SSSR count). The summed E-state index contributed by atoms with van der Waals surface area (Å²) in [6, 6.07) is 7.16. The summed E-state index contributed by atoms with van der Waals surface area (Å²) in [5.41, 5.74) is 2.32. The predicted octanol–water partition coefficient (Wildman–Crippen LogP) is 4.30. The van der Waals surface area contributed by atoms with E-state index in [1.807, 2.05) is 26.8 Å². The fourth-order valence-electron chi connectivity index (χ4n) is 6.02. The van der Waals surface area contributed by atoms with Gasteiger partial charge in [0.25, 0.3) is 11.4 Å². The average molecular weight is 764 g/mol. The Morgan fingerprint density at radius 2 is 1.29 bits per heavy atom. The number of aliphatic hydroxyl groups is 2. The molecule has 0 bridgehead atoms. The lowest BCUT2D eigenvalue weighted by molar-refractivity contribution is -0.433. The number of fused-ring (bicyclic) bond motifs is 2. The Morgan fingerprint density at radius 1 is 0.796 bits per heavy atom. The van der Waals surface area contributed by atoms with Crippen molar-refractivity contribution in [3.63, 3.8) is 0 Å². The maximum Gasteiger partial charge on any atom is 0.286 e. The van der Waals surface area contributed by atoms with E-state index >= 15 is 0 Å². The fourth-order valence-corrected chi connectivity index (χ4v) is 6.33. The highest BCUT2D eigenvalue weighted by Gasteiger charge is 2.42. The molecule has 49 heavy (non-hydrogen) atoms. The number of aromatic nitrogens is 2. The van der Waals surface area contributed by atoms with Crippen molar-refractivity contribution in [2.24, 2.45) is 0 Å². The van der Waals surface area contributed by atoms with E-state index in [1.165, 1.54) is 0 Å². The summed E-state index contributed by atoms with van der Waals surface area (Å²) in [5, 5.41) is 41.3. The largest absolute Gasteiger partial charge is 0.395 e. The Kier molecular flexibility index (Phi) is 14.7. The summed E-state index contributed by atoms with van der Waals surface area (Å²) >= 11 is 22.2. The van der Waals surface area contributed by atoms with Crippen molar-refractivity contribution in [1.82, 2.24) is 29.6 Å². The van der Waals surface area contributed by atoms with Crippen LogP contribution in [0.1, 0.15) is 36.8 Å².